The molecule has 0 aliphatic carbocycles. The van der Waals surface area contributed by atoms with Crippen LogP contribution in [0.1, 0.15) is 56.2 Å². The van der Waals surface area contributed by atoms with Crippen LogP contribution in [0.15, 0.2) is 48.5 Å². The molecule has 0 saturated carbocycles. The number of carbonyl (C=O) groups excluding carboxylic acids is 1. The first-order chi connectivity index (χ1) is 13.0. The third-order valence-corrected chi connectivity index (χ3v) is 5.47. The Morgan fingerprint density at radius 1 is 1.19 bits per heavy atom. The Kier molecular flexibility index (Phi) is 6.40. The van der Waals surface area contributed by atoms with Crippen LogP contribution in [-0.4, -0.2) is 10.9 Å². The molecule has 0 aliphatic heterocycles. The number of aryl methyl sites for hydroxylation is 1. The average Bonchev–Trinajstić information content (AvgIpc) is 3.06. The SMILES string of the molecule is CCCCc1ccc2nc(NC(=O)/C=C/c3ccc(C(C)C)cc3)sc2c1. The molecular weight excluding hydrogens is 352 g/mol. The Morgan fingerprint density at radius 3 is 2.67 bits per heavy atom. The third-order valence-electron chi connectivity index (χ3n) is 4.53. The molecule has 3 rings (SSSR count). The molecule has 4 heteroatoms. The second-order valence-electron chi connectivity index (χ2n) is 7.07. The van der Waals surface area contributed by atoms with Crippen LogP contribution in [-0.2, 0) is 11.2 Å². The van der Waals surface area contributed by atoms with Crippen LogP contribution >= 0.6 is 11.3 Å². The highest BCUT2D eigenvalue weighted by Gasteiger charge is 2.07. The Hall–Kier alpha value is -2.46. The zero-order chi connectivity index (χ0) is 19.2. The van der Waals surface area contributed by atoms with Crippen LogP contribution in [0, 0.1) is 0 Å². The third kappa shape index (κ3) is 5.27. The van der Waals surface area contributed by atoms with Gasteiger partial charge in [-0.3, -0.25) is 10.1 Å². The number of fused-ring (bicyclic) bond motifs is 1. The fourth-order valence-corrected chi connectivity index (χ4v) is 3.80. The van der Waals surface area contributed by atoms with Crippen molar-refractivity contribution < 1.29 is 4.79 Å². The Labute approximate surface area is 165 Å². The first-order valence-electron chi connectivity index (χ1n) is 9.53. The van der Waals surface area contributed by atoms with Gasteiger partial charge in [-0.15, -0.1) is 0 Å². The van der Waals surface area contributed by atoms with Crippen molar-refractivity contribution in [1.29, 1.82) is 0 Å². The van der Waals surface area contributed by atoms with Gasteiger partial charge in [-0.05, 0) is 53.7 Å². The second kappa shape index (κ2) is 8.96. The molecule has 0 fully saturated rings. The number of amides is 1. The van der Waals surface area contributed by atoms with E-state index in [1.807, 2.05) is 24.3 Å². The summed E-state index contributed by atoms with van der Waals surface area (Å²) in [6.45, 7) is 6.54. The molecule has 0 atom stereocenters. The van der Waals surface area contributed by atoms with E-state index in [9.17, 15) is 4.79 Å². The van der Waals surface area contributed by atoms with E-state index >= 15 is 0 Å². The van der Waals surface area contributed by atoms with Gasteiger partial charge in [0.1, 0.15) is 0 Å². The van der Waals surface area contributed by atoms with E-state index in [4.69, 9.17) is 0 Å². The van der Waals surface area contributed by atoms with Gasteiger partial charge in [0.15, 0.2) is 5.13 Å². The van der Waals surface area contributed by atoms with E-state index < -0.39 is 0 Å². The average molecular weight is 379 g/mol. The number of thiazole rings is 1. The monoisotopic (exact) mass is 378 g/mol. The van der Waals surface area contributed by atoms with Crippen molar-refractivity contribution in [2.75, 3.05) is 5.32 Å². The van der Waals surface area contributed by atoms with Crippen LogP contribution in [0.2, 0.25) is 0 Å². The minimum absolute atomic E-state index is 0.159. The molecule has 0 bridgehead atoms. The van der Waals surface area contributed by atoms with E-state index in [1.54, 1.807) is 6.08 Å². The number of nitrogens with one attached hydrogen (secondary N) is 1. The van der Waals surface area contributed by atoms with E-state index in [1.165, 1.54) is 35.3 Å². The molecule has 3 aromatic rings. The molecule has 1 amide bonds. The van der Waals surface area contributed by atoms with Crippen LogP contribution in [0.5, 0.6) is 0 Å². The van der Waals surface area contributed by atoms with Gasteiger partial charge in [0.25, 0.3) is 0 Å². The number of hydrogen-bond donors (Lipinski definition) is 1. The molecule has 0 aliphatic rings. The van der Waals surface area contributed by atoms with Crippen molar-refractivity contribution >= 4 is 38.7 Å². The lowest BCUT2D eigenvalue weighted by Gasteiger charge is -2.04. The van der Waals surface area contributed by atoms with Gasteiger partial charge < -0.3 is 0 Å². The molecule has 1 heterocycles. The lowest BCUT2D eigenvalue weighted by atomic mass is 10.0. The summed E-state index contributed by atoms with van der Waals surface area (Å²) in [5, 5.41) is 3.52. The molecule has 1 N–H and O–H groups in total. The van der Waals surface area contributed by atoms with Crippen molar-refractivity contribution in [2.45, 2.75) is 46.0 Å². The molecule has 140 valence electrons. The number of hydrogen-bond acceptors (Lipinski definition) is 3. The predicted octanol–water partition coefficient (Wildman–Crippen LogP) is 6.41. The summed E-state index contributed by atoms with van der Waals surface area (Å²) in [4.78, 5) is 16.7. The molecule has 1 aromatic heterocycles. The van der Waals surface area contributed by atoms with E-state index in [2.05, 4.69) is 55.3 Å². The molecule has 2 aromatic carbocycles. The Morgan fingerprint density at radius 2 is 1.96 bits per heavy atom. The van der Waals surface area contributed by atoms with Gasteiger partial charge in [-0.2, -0.15) is 0 Å². The maximum absolute atomic E-state index is 12.2. The van der Waals surface area contributed by atoms with Crippen molar-refractivity contribution in [3.63, 3.8) is 0 Å². The van der Waals surface area contributed by atoms with Crippen molar-refractivity contribution in [3.8, 4) is 0 Å². The smallest absolute Gasteiger partial charge is 0.250 e. The first kappa shape index (κ1) is 19.3. The quantitative estimate of drug-likeness (QED) is 0.482. The topological polar surface area (TPSA) is 42.0 Å². The van der Waals surface area contributed by atoms with E-state index in [-0.39, 0.29) is 5.91 Å². The van der Waals surface area contributed by atoms with Gasteiger partial charge in [-0.25, -0.2) is 4.98 Å². The zero-order valence-corrected chi connectivity index (χ0v) is 17.0. The van der Waals surface area contributed by atoms with Crippen LogP contribution in [0.3, 0.4) is 0 Å². The number of nitrogens with zero attached hydrogens (tertiary/aromatic N) is 1. The molecule has 0 spiro atoms. The highest BCUT2D eigenvalue weighted by molar-refractivity contribution is 7.22. The van der Waals surface area contributed by atoms with Crippen LogP contribution < -0.4 is 5.32 Å². The molecule has 0 unspecified atom stereocenters. The summed E-state index contributed by atoms with van der Waals surface area (Å²) in [6, 6.07) is 14.6. The summed E-state index contributed by atoms with van der Waals surface area (Å²) >= 11 is 1.52. The molecule has 0 saturated heterocycles. The van der Waals surface area contributed by atoms with Crippen molar-refractivity contribution in [2.24, 2.45) is 0 Å². The minimum atomic E-state index is -0.159. The number of anilines is 1. The van der Waals surface area contributed by atoms with Crippen LogP contribution in [0.4, 0.5) is 5.13 Å². The van der Waals surface area contributed by atoms with Crippen LogP contribution in [0.25, 0.3) is 16.3 Å². The second-order valence-corrected chi connectivity index (χ2v) is 8.10. The van der Waals surface area contributed by atoms with Gasteiger partial charge in [0.05, 0.1) is 10.2 Å². The molecular formula is C23H26N2OS. The molecule has 3 nitrogen and oxygen atoms in total. The number of unbranched alkanes of at least 4 members (excludes halogenated alkanes) is 1. The van der Waals surface area contributed by atoms with Gasteiger partial charge in [0, 0.05) is 6.08 Å². The van der Waals surface area contributed by atoms with E-state index in [0.29, 0.717) is 11.0 Å². The summed E-state index contributed by atoms with van der Waals surface area (Å²) in [7, 11) is 0. The van der Waals surface area contributed by atoms with Crippen molar-refractivity contribution in [1.82, 2.24) is 4.98 Å². The summed E-state index contributed by atoms with van der Waals surface area (Å²) in [5.41, 5.74) is 4.57. The first-order valence-corrected chi connectivity index (χ1v) is 10.4. The predicted molar refractivity (Wildman–Crippen MR) is 116 cm³/mol. The maximum atomic E-state index is 12.2. The van der Waals surface area contributed by atoms with Gasteiger partial charge >= 0.3 is 0 Å². The van der Waals surface area contributed by atoms with Gasteiger partial charge in [-0.1, -0.05) is 68.9 Å². The van der Waals surface area contributed by atoms with Crippen molar-refractivity contribution in [3.05, 3.63) is 65.2 Å². The van der Waals surface area contributed by atoms with E-state index in [0.717, 1.165) is 22.2 Å². The summed E-state index contributed by atoms with van der Waals surface area (Å²) in [6.07, 6.45) is 6.86. The molecule has 27 heavy (non-hydrogen) atoms. The standard InChI is InChI=1S/C23H26N2OS/c1-4-5-6-18-9-13-20-21(15-18)27-23(24-20)25-22(26)14-10-17-7-11-19(12-8-17)16(2)3/h7-16H,4-6H2,1-3H3,(H,24,25,26)/b14-10+. The number of aromatic nitrogens is 1. The highest BCUT2D eigenvalue weighted by atomic mass is 32.1. The summed E-state index contributed by atoms with van der Waals surface area (Å²) < 4.78 is 1.12. The molecule has 0 radical (unpaired) electrons. The highest BCUT2D eigenvalue weighted by Crippen LogP contribution is 2.27. The maximum Gasteiger partial charge on any atom is 0.250 e. The largest absolute Gasteiger partial charge is 0.298 e. The number of benzene rings is 2. The minimum Gasteiger partial charge on any atom is -0.298 e. The zero-order valence-electron chi connectivity index (χ0n) is 16.2. The number of carbonyl (C=O) groups is 1. The lowest BCUT2D eigenvalue weighted by molar-refractivity contribution is -0.111. The summed E-state index contributed by atoms with van der Waals surface area (Å²) in [5.74, 6) is 0.348. The lowest BCUT2D eigenvalue weighted by Crippen LogP contribution is -2.07. The normalized spacial score (nSPS) is 11.6. The Balaban J connectivity index is 1.64. The fourth-order valence-electron chi connectivity index (χ4n) is 2.87. The Bertz CT molecular complexity index is 939. The van der Waals surface area contributed by atoms with Gasteiger partial charge in [0.2, 0.25) is 5.91 Å². The fraction of sp³-hybridized carbons (Fsp3) is 0.304. The number of rotatable bonds is 7.